The number of benzene rings is 1. The SMILES string of the molecule is CCNC(=NCc1ccccc1CN1CCCC1=O)NCC(CCO)CC(C)C.I. The maximum absolute atomic E-state index is 12.0. The molecule has 1 saturated heterocycles. The second kappa shape index (κ2) is 14.6. The van der Waals surface area contributed by atoms with Gasteiger partial charge < -0.3 is 20.6 Å². The highest BCUT2D eigenvalue weighted by molar-refractivity contribution is 14.0. The number of halogens is 1. The van der Waals surface area contributed by atoms with Gasteiger partial charge in [0.1, 0.15) is 0 Å². The second-order valence-electron chi connectivity index (χ2n) is 8.27. The third-order valence-corrected chi connectivity index (χ3v) is 5.30. The van der Waals surface area contributed by atoms with Crippen LogP contribution in [0.15, 0.2) is 29.3 Å². The molecule has 1 fully saturated rings. The Kier molecular flexibility index (Phi) is 13.0. The summed E-state index contributed by atoms with van der Waals surface area (Å²) in [6, 6.07) is 8.24. The summed E-state index contributed by atoms with van der Waals surface area (Å²) in [7, 11) is 0. The Morgan fingerprint density at radius 3 is 2.57 bits per heavy atom. The molecular weight excluding hydrogens is 491 g/mol. The summed E-state index contributed by atoms with van der Waals surface area (Å²) >= 11 is 0. The van der Waals surface area contributed by atoms with Gasteiger partial charge in [-0.3, -0.25) is 4.79 Å². The van der Waals surface area contributed by atoms with Crippen molar-refractivity contribution in [3.8, 4) is 0 Å². The number of hydrogen-bond acceptors (Lipinski definition) is 3. The number of hydrogen-bond donors (Lipinski definition) is 3. The van der Waals surface area contributed by atoms with E-state index in [1.165, 1.54) is 5.56 Å². The van der Waals surface area contributed by atoms with Crippen molar-refractivity contribution in [1.82, 2.24) is 15.5 Å². The largest absolute Gasteiger partial charge is 0.396 e. The van der Waals surface area contributed by atoms with Crippen LogP contribution >= 0.6 is 24.0 Å². The van der Waals surface area contributed by atoms with Crippen molar-refractivity contribution in [2.24, 2.45) is 16.8 Å². The Morgan fingerprint density at radius 1 is 1.23 bits per heavy atom. The van der Waals surface area contributed by atoms with Crippen molar-refractivity contribution in [2.75, 3.05) is 26.2 Å². The molecule has 0 aliphatic carbocycles. The van der Waals surface area contributed by atoms with Gasteiger partial charge in [0, 0.05) is 39.2 Å². The van der Waals surface area contributed by atoms with Crippen molar-refractivity contribution in [1.29, 1.82) is 0 Å². The van der Waals surface area contributed by atoms with Gasteiger partial charge in [-0.25, -0.2) is 4.99 Å². The molecule has 0 saturated carbocycles. The molecule has 3 N–H and O–H groups in total. The fourth-order valence-electron chi connectivity index (χ4n) is 3.84. The Morgan fingerprint density at radius 2 is 1.97 bits per heavy atom. The minimum Gasteiger partial charge on any atom is -0.396 e. The molecule has 0 aromatic heterocycles. The maximum Gasteiger partial charge on any atom is 0.222 e. The number of likely N-dealkylation sites (tertiary alicyclic amines) is 1. The van der Waals surface area contributed by atoms with Crippen LogP contribution in [-0.4, -0.2) is 48.1 Å². The summed E-state index contributed by atoms with van der Waals surface area (Å²) in [5.41, 5.74) is 2.32. The minimum atomic E-state index is 0. The molecule has 30 heavy (non-hydrogen) atoms. The van der Waals surface area contributed by atoms with Gasteiger partial charge in [-0.1, -0.05) is 38.1 Å². The standard InChI is InChI=1S/C23H38N4O2.HI/c1-4-24-23(25-15-19(11-13-28)14-18(2)3)26-16-20-8-5-6-9-21(20)17-27-12-7-10-22(27)29;/h5-6,8-9,18-19,28H,4,7,10-17H2,1-3H3,(H2,24,25,26);1H. The van der Waals surface area contributed by atoms with Gasteiger partial charge in [-0.15, -0.1) is 24.0 Å². The third-order valence-electron chi connectivity index (χ3n) is 5.30. The fraction of sp³-hybridized carbons (Fsp3) is 0.652. The monoisotopic (exact) mass is 530 g/mol. The van der Waals surface area contributed by atoms with Crippen LogP contribution in [0.25, 0.3) is 0 Å². The molecule has 1 aromatic rings. The molecule has 1 atom stereocenters. The summed E-state index contributed by atoms with van der Waals surface area (Å²) in [6.07, 6.45) is 3.51. The zero-order valence-electron chi connectivity index (χ0n) is 18.7. The van der Waals surface area contributed by atoms with Crippen LogP contribution in [0.5, 0.6) is 0 Å². The van der Waals surface area contributed by atoms with E-state index >= 15 is 0 Å². The van der Waals surface area contributed by atoms with Gasteiger partial charge in [0.15, 0.2) is 5.96 Å². The van der Waals surface area contributed by atoms with Crippen LogP contribution in [-0.2, 0) is 17.9 Å². The zero-order chi connectivity index (χ0) is 21.1. The Bertz CT molecular complexity index is 666. The van der Waals surface area contributed by atoms with E-state index in [0.29, 0.717) is 31.3 Å². The van der Waals surface area contributed by atoms with E-state index in [4.69, 9.17) is 4.99 Å². The number of amides is 1. The van der Waals surface area contributed by atoms with Gasteiger partial charge in [0.2, 0.25) is 5.91 Å². The highest BCUT2D eigenvalue weighted by Gasteiger charge is 2.20. The molecule has 1 aromatic carbocycles. The van der Waals surface area contributed by atoms with Crippen molar-refractivity contribution in [3.05, 3.63) is 35.4 Å². The number of carbonyl (C=O) groups excluding carboxylic acids is 1. The van der Waals surface area contributed by atoms with Crippen molar-refractivity contribution < 1.29 is 9.90 Å². The molecule has 1 aliphatic rings. The average Bonchev–Trinajstić information content (AvgIpc) is 3.09. The minimum absolute atomic E-state index is 0. The first-order valence-corrected chi connectivity index (χ1v) is 11.0. The predicted octanol–water partition coefficient (Wildman–Crippen LogP) is 3.53. The van der Waals surface area contributed by atoms with E-state index in [2.05, 4.69) is 43.5 Å². The van der Waals surface area contributed by atoms with Crippen molar-refractivity contribution >= 4 is 35.8 Å². The van der Waals surface area contributed by atoms with Gasteiger partial charge in [-0.2, -0.15) is 0 Å². The topological polar surface area (TPSA) is 77.0 Å². The zero-order valence-corrected chi connectivity index (χ0v) is 21.0. The Hall–Kier alpha value is -1.35. The van der Waals surface area contributed by atoms with E-state index < -0.39 is 0 Å². The molecule has 1 amide bonds. The fourth-order valence-corrected chi connectivity index (χ4v) is 3.84. The van der Waals surface area contributed by atoms with E-state index in [1.807, 2.05) is 17.0 Å². The summed E-state index contributed by atoms with van der Waals surface area (Å²) in [5, 5.41) is 16.1. The number of guanidine groups is 1. The van der Waals surface area contributed by atoms with Gasteiger partial charge in [-0.05, 0) is 49.1 Å². The van der Waals surface area contributed by atoms with Crippen LogP contribution in [0, 0.1) is 11.8 Å². The number of aliphatic hydroxyl groups is 1. The first-order valence-electron chi connectivity index (χ1n) is 11.0. The summed E-state index contributed by atoms with van der Waals surface area (Å²) < 4.78 is 0. The van der Waals surface area contributed by atoms with Crippen LogP contribution < -0.4 is 10.6 Å². The number of aliphatic imine (C=N–C) groups is 1. The molecule has 1 unspecified atom stereocenters. The molecule has 6 nitrogen and oxygen atoms in total. The van der Waals surface area contributed by atoms with E-state index in [-0.39, 0.29) is 36.5 Å². The quantitative estimate of drug-likeness (QED) is 0.233. The maximum atomic E-state index is 12.0. The van der Waals surface area contributed by atoms with E-state index in [0.717, 1.165) is 50.4 Å². The molecule has 7 heteroatoms. The second-order valence-corrected chi connectivity index (χ2v) is 8.27. The first kappa shape index (κ1) is 26.7. The van der Waals surface area contributed by atoms with E-state index in [9.17, 15) is 9.90 Å². The predicted molar refractivity (Wildman–Crippen MR) is 134 cm³/mol. The molecule has 0 radical (unpaired) electrons. The van der Waals surface area contributed by atoms with Crippen LogP contribution in [0.4, 0.5) is 0 Å². The Balaban J connectivity index is 0.00000450. The third kappa shape index (κ3) is 9.20. The van der Waals surface area contributed by atoms with Gasteiger partial charge >= 0.3 is 0 Å². The molecule has 1 heterocycles. The number of rotatable bonds is 11. The lowest BCUT2D eigenvalue weighted by atomic mass is 9.94. The molecule has 1 aliphatic heterocycles. The molecule has 0 bridgehead atoms. The normalized spacial score (nSPS) is 15.3. The lowest BCUT2D eigenvalue weighted by molar-refractivity contribution is -0.128. The summed E-state index contributed by atoms with van der Waals surface area (Å²) in [4.78, 5) is 18.7. The number of nitrogens with zero attached hydrogens (tertiary/aromatic N) is 2. The van der Waals surface area contributed by atoms with Crippen molar-refractivity contribution in [2.45, 2.75) is 59.5 Å². The Labute approximate surface area is 198 Å². The number of carbonyl (C=O) groups is 1. The van der Waals surface area contributed by atoms with Crippen LogP contribution in [0.2, 0.25) is 0 Å². The number of aliphatic hydroxyl groups excluding tert-OH is 1. The summed E-state index contributed by atoms with van der Waals surface area (Å²) in [5.74, 6) is 2.08. The molecular formula is C23H39IN4O2. The number of nitrogens with one attached hydrogen (secondary N) is 2. The summed E-state index contributed by atoms with van der Waals surface area (Å²) in [6.45, 7) is 10.4. The average molecular weight is 530 g/mol. The van der Waals surface area contributed by atoms with Crippen molar-refractivity contribution in [3.63, 3.8) is 0 Å². The lowest BCUT2D eigenvalue weighted by Gasteiger charge is -2.21. The van der Waals surface area contributed by atoms with Gasteiger partial charge in [0.25, 0.3) is 0 Å². The smallest absolute Gasteiger partial charge is 0.222 e. The molecule has 0 spiro atoms. The van der Waals surface area contributed by atoms with E-state index in [1.54, 1.807) is 0 Å². The van der Waals surface area contributed by atoms with Crippen LogP contribution in [0.3, 0.4) is 0 Å². The first-order chi connectivity index (χ1) is 14.0. The lowest BCUT2D eigenvalue weighted by Crippen LogP contribution is -2.40. The molecule has 2 rings (SSSR count). The van der Waals surface area contributed by atoms with Crippen LogP contribution in [0.1, 0.15) is 57.6 Å². The molecule has 170 valence electrons. The highest BCUT2D eigenvalue weighted by atomic mass is 127. The highest BCUT2D eigenvalue weighted by Crippen LogP contribution is 2.18. The van der Waals surface area contributed by atoms with Gasteiger partial charge in [0.05, 0.1) is 6.54 Å².